The maximum Gasteiger partial charge on any atom is 0.465 e. The Morgan fingerprint density at radius 2 is 1.78 bits per heavy atom. The van der Waals surface area contributed by atoms with Crippen molar-refractivity contribution in [2.24, 2.45) is 17.8 Å². The Labute approximate surface area is 100 Å². The second-order valence-corrected chi connectivity index (χ2v) is 5.11. The van der Waals surface area contributed by atoms with Gasteiger partial charge in [0.2, 0.25) is 0 Å². The normalized spacial score (nSPS) is 31.7. The molecule has 0 saturated heterocycles. The van der Waals surface area contributed by atoms with Gasteiger partial charge in [-0.25, -0.2) is 4.79 Å². The van der Waals surface area contributed by atoms with Crippen molar-refractivity contribution < 1.29 is 31.5 Å². The number of rotatable bonds is 3. The van der Waals surface area contributed by atoms with Crippen molar-refractivity contribution in [3.05, 3.63) is 0 Å². The second kappa shape index (κ2) is 4.35. The molecule has 2 aliphatic rings. The summed E-state index contributed by atoms with van der Waals surface area (Å²) in [6.45, 7) is -0.328. The van der Waals surface area contributed by atoms with Gasteiger partial charge >= 0.3 is 18.1 Å². The van der Waals surface area contributed by atoms with Crippen LogP contribution in [-0.2, 0) is 9.53 Å². The quantitative estimate of drug-likeness (QED) is 0.582. The van der Waals surface area contributed by atoms with Crippen molar-refractivity contribution in [2.75, 3.05) is 6.61 Å². The van der Waals surface area contributed by atoms with Gasteiger partial charge in [0.05, 0.1) is 6.61 Å². The van der Waals surface area contributed by atoms with Gasteiger partial charge in [-0.05, 0) is 37.0 Å². The van der Waals surface area contributed by atoms with E-state index in [4.69, 9.17) is 0 Å². The van der Waals surface area contributed by atoms with E-state index in [1.54, 1.807) is 0 Å². The van der Waals surface area contributed by atoms with Gasteiger partial charge in [-0.2, -0.15) is 22.0 Å². The summed E-state index contributed by atoms with van der Waals surface area (Å²) in [6, 6.07) is 0. The zero-order valence-electron chi connectivity index (χ0n) is 9.47. The summed E-state index contributed by atoms with van der Waals surface area (Å²) >= 11 is 0. The van der Waals surface area contributed by atoms with Crippen LogP contribution in [0, 0.1) is 17.8 Å². The molecule has 2 fully saturated rings. The summed E-state index contributed by atoms with van der Waals surface area (Å²) in [5.41, 5.74) is 0. The Bertz CT molecular complexity index is 339. The molecular weight excluding hydrogens is 259 g/mol. The van der Waals surface area contributed by atoms with Crippen molar-refractivity contribution in [2.45, 2.75) is 37.8 Å². The van der Waals surface area contributed by atoms with Gasteiger partial charge in [0.15, 0.2) is 0 Å². The molecule has 104 valence electrons. The summed E-state index contributed by atoms with van der Waals surface area (Å²) in [6.07, 6.45) is -2.14. The van der Waals surface area contributed by atoms with Crippen LogP contribution in [0.1, 0.15) is 25.7 Å². The Morgan fingerprint density at radius 3 is 2.22 bits per heavy atom. The topological polar surface area (TPSA) is 26.3 Å². The van der Waals surface area contributed by atoms with E-state index >= 15 is 0 Å². The van der Waals surface area contributed by atoms with E-state index in [9.17, 15) is 26.7 Å². The molecule has 0 aromatic heterocycles. The molecule has 0 amide bonds. The van der Waals surface area contributed by atoms with Gasteiger partial charge in [0.25, 0.3) is 0 Å². The second-order valence-electron chi connectivity index (χ2n) is 5.11. The third-order valence-corrected chi connectivity index (χ3v) is 3.93. The Balaban J connectivity index is 1.85. The fraction of sp³-hybridized carbons (Fsp3) is 0.909. The first-order valence-corrected chi connectivity index (χ1v) is 5.83. The molecule has 0 radical (unpaired) electrons. The van der Waals surface area contributed by atoms with Gasteiger partial charge in [-0.15, -0.1) is 0 Å². The lowest BCUT2D eigenvalue weighted by atomic mass is 9.89. The molecule has 0 aromatic rings. The average Bonchev–Trinajstić information content (AvgIpc) is 2.85. The van der Waals surface area contributed by atoms with E-state index in [1.807, 2.05) is 0 Å². The average molecular weight is 272 g/mol. The molecule has 2 rings (SSSR count). The number of carbonyl (C=O) groups excluding carboxylic acids is 1. The summed E-state index contributed by atoms with van der Waals surface area (Å²) < 4.78 is 65.0. The van der Waals surface area contributed by atoms with Gasteiger partial charge in [-0.1, -0.05) is 6.42 Å². The van der Waals surface area contributed by atoms with Gasteiger partial charge < -0.3 is 4.74 Å². The van der Waals surface area contributed by atoms with Crippen LogP contribution in [0.5, 0.6) is 0 Å². The minimum absolute atomic E-state index is 0.0586. The van der Waals surface area contributed by atoms with E-state index < -0.39 is 18.1 Å². The van der Waals surface area contributed by atoms with Crippen molar-refractivity contribution in [1.29, 1.82) is 0 Å². The number of fused-ring (bicyclic) bond motifs is 2. The first-order valence-electron chi connectivity index (χ1n) is 5.83. The standard InChI is InChI=1S/C11H13F5O2/c12-10(13,11(14,15)16)9(17)18-5-8-4-6-1-2-7(8)3-6/h6-8H,1-5H2. The molecule has 0 spiro atoms. The van der Waals surface area contributed by atoms with Crippen LogP contribution in [0.2, 0.25) is 0 Å². The van der Waals surface area contributed by atoms with Crippen molar-refractivity contribution in [3.8, 4) is 0 Å². The predicted octanol–water partition coefficient (Wildman–Crippen LogP) is 3.16. The molecule has 2 bridgehead atoms. The van der Waals surface area contributed by atoms with Crippen LogP contribution >= 0.6 is 0 Å². The zero-order valence-corrected chi connectivity index (χ0v) is 9.47. The third-order valence-electron chi connectivity index (χ3n) is 3.93. The van der Waals surface area contributed by atoms with Crippen molar-refractivity contribution in [1.82, 2.24) is 0 Å². The van der Waals surface area contributed by atoms with Crippen molar-refractivity contribution in [3.63, 3.8) is 0 Å². The lowest BCUT2D eigenvalue weighted by Crippen LogP contribution is -2.45. The zero-order chi connectivity index (χ0) is 13.6. The Kier molecular flexibility index (Phi) is 3.27. The third kappa shape index (κ3) is 2.31. The number of halogens is 5. The van der Waals surface area contributed by atoms with Gasteiger partial charge in [0.1, 0.15) is 0 Å². The van der Waals surface area contributed by atoms with E-state index in [0.29, 0.717) is 11.8 Å². The Morgan fingerprint density at radius 1 is 1.11 bits per heavy atom. The van der Waals surface area contributed by atoms with Crippen LogP contribution in [0.4, 0.5) is 22.0 Å². The number of ether oxygens (including phenoxy) is 1. The lowest BCUT2D eigenvalue weighted by Gasteiger charge is -2.23. The van der Waals surface area contributed by atoms with Crippen LogP contribution < -0.4 is 0 Å². The molecule has 0 aromatic carbocycles. The highest BCUT2D eigenvalue weighted by Gasteiger charge is 2.65. The molecule has 0 N–H and O–H groups in total. The van der Waals surface area contributed by atoms with Crippen LogP contribution in [0.15, 0.2) is 0 Å². The van der Waals surface area contributed by atoms with Gasteiger partial charge in [0, 0.05) is 0 Å². The molecule has 7 heteroatoms. The maximum absolute atomic E-state index is 12.6. The van der Waals surface area contributed by atoms with E-state index in [0.717, 1.165) is 25.7 Å². The fourth-order valence-electron chi connectivity index (χ4n) is 2.97. The summed E-state index contributed by atoms with van der Waals surface area (Å²) in [5.74, 6) is -7.14. The molecule has 3 atom stereocenters. The smallest absolute Gasteiger partial charge is 0.461 e. The van der Waals surface area contributed by atoms with Crippen molar-refractivity contribution >= 4 is 5.97 Å². The maximum atomic E-state index is 12.6. The minimum Gasteiger partial charge on any atom is -0.461 e. The molecule has 2 aliphatic carbocycles. The number of carbonyl (C=O) groups is 1. The number of hydrogen-bond acceptors (Lipinski definition) is 2. The van der Waals surface area contributed by atoms with E-state index in [1.165, 1.54) is 0 Å². The number of esters is 1. The van der Waals surface area contributed by atoms with Crippen LogP contribution in [0.3, 0.4) is 0 Å². The predicted molar refractivity (Wildman–Crippen MR) is 50.9 cm³/mol. The van der Waals surface area contributed by atoms with E-state index in [-0.39, 0.29) is 12.5 Å². The molecule has 2 saturated carbocycles. The lowest BCUT2D eigenvalue weighted by molar-refractivity contribution is -0.281. The summed E-state index contributed by atoms with van der Waals surface area (Å²) in [7, 11) is 0. The van der Waals surface area contributed by atoms with E-state index in [2.05, 4.69) is 4.74 Å². The first kappa shape index (κ1) is 13.5. The Hall–Kier alpha value is -0.880. The van der Waals surface area contributed by atoms with Crippen LogP contribution in [-0.4, -0.2) is 24.7 Å². The molecule has 0 heterocycles. The molecule has 3 unspecified atom stereocenters. The molecule has 18 heavy (non-hydrogen) atoms. The number of hydrogen-bond donors (Lipinski definition) is 0. The fourth-order valence-corrected chi connectivity index (χ4v) is 2.97. The van der Waals surface area contributed by atoms with Crippen LogP contribution in [0.25, 0.3) is 0 Å². The number of alkyl halides is 5. The molecule has 0 aliphatic heterocycles. The highest BCUT2D eigenvalue weighted by molar-refractivity contribution is 5.78. The molecule has 2 nitrogen and oxygen atoms in total. The van der Waals surface area contributed by atoms with Gasteiger partial charge in [-0.3, -0.25) is 0 Å². The highest BCUT2D eigenvalue weighted by atomic mass is 19.4. The monoisotopic (exact) mass is 272 g/mol. The SMILES string of the molecule is O=C(OCC1CC2CCC1C2)C(F)(F)C(F)(F)F. The molecular formula is C11H13F5O2. The summed E-state index contributed by atoms with van der Waals surface area (Å²) in [4.78, 5) is 10.8. The first-order chi connectivity index (χ1) is 8.22. The summed E-state index contributed by atoms with van der Waals surface area (Å²) in [5, 5.41) is 0. The largest absolute Gasteiger partial charge is 0.465 e. The highest BCUT2D eigenvalue weighted by Crippen LogP contribution is 2.48. The minimum atomic E-state index is -5.89.